The predicted octanol–water partition coefficient (Wildman–Crippen LogP) is 1.65. The molecule has 0 saturated heterocycles. The van der Waals surface area contributed by atoms with E-state index in [4.69, 9.17) is 16.3 Å². The molecule has 0 atom stereocenters. The van der Waals surface area contributed by atoms with Crippen LogP contribution < -0.4 is 11.2 Å². The minimum atomic E-state index is -1.18. The highest BCUT2D eigenvalue weighted by Gasteiger charge is 2.13. The topological polar surface area (TPSA) is 66.1 Å². The normalized spacial score (nSPS) is 11.9. The lowest BCUT2D eigenvalue weighted by molar-refractivity contribution is 0.0791. The molecule has 21 heavy (non-hydrogen) atoms. The first-order chi connectivity index (χ1) is 9.76. The van der Waals surface area contributed by atoms with Gasteiger partial charge in [-0.3, -0.25) is 4.79 Å². The van der Waals surface area contributed by atoms with E-state index in [1.165, 1.54) is 4.68 Å². The number of halogens is 1. The van der Waals surface area contributed by atoms with Gasteiger partial charge >= 0.3 is 5.69 Å². The summed E-state index contributed by atoms with van der Waals surface area (Å²) in [4.78, 5) is 24.2. The second-order valence-electron chi connectivity index (χ2n) is 6.21. The number of hydrogen-bond acceptors (Lipinski definition) is 4. The molecule has 0 unspecified atom stereocenters. The quantitative estimate of drug-likeness (QED) is 0.412. The highest BCUT2D eigenvalue weighted by atomic mass is 35.5. The van der Waals surface area contributed by atoms with Gasteiger partial charge in [-0.2, -0.15) is 5.10 Å². The number of hydrogen-bond donors (Lipinski definition) is 0. The minimum absolute atomic E-state index is 0.0214. The lowest BCUT2D eigenvalue weighted by Gasteiger charge is -2.16. The fraction of sp³-hybridized carbons (Fsp3) is 0.769. The maximum atomic E-state index is 12.2. The van der Waals surface area contributed by atoms with Crippen molar-refractivity contribution < 1.29 is 4.74 Å². The van der Waals surface area contributed by atoms with E-state index in [1.807, 2.05) is 0 Å². The van der Waals surface area contributed by atoms with Crippen LogP contribution in [0.4, 0.5) is 0 Å². The van der Waals surface area contributed by atoms with E-state index in [1.54, 1.807) is 6.92 Å². The Kier molecular flexibility index (Phi) is 6.83. The average Bonchev–Trinajstić information content (AvgIpc) is 2.39. The summed E-state index contributed by atoms with van der Waals surface area (Å²) in [5.41, 5.74) is -0.545. The zero-order chi connectivity index (χ0) is 16.0. The zero-order valence-corrected chi connectivity index (χ0v) is 14.9. The van der Waals surface area contributed by atoms with Gasteiger partial charge in [-0.25, -0.2) is 14.0 Å². The standard InChI is InChI=1S/C13H24ClN3O3Si/c1-11-12(18)16(10-20-8-9-21(2,3)4)13(19)17(15-11)7-5-6-14/h5-10H2,1-4H3. The van der Waals surface area contributed by atoms with Crippen molar-refractivity contribution in [3.05, 3.63) is 26.5 Å². The lowest BCUT2D eigenvalue weighted by atomic mass is 10.5. The van der Waals surface area contributed by atoms with E-state index in [9.17, 15) is 9.59 Å². The number of rotatable bonds is 8. The van der Waals surface area contributed by atoms with E-state index in [0.29, 0.717) is 25.5 Å². The molecule has 0 aliphatic carbocycles. The van der Waals surface area contributed by atoms with Gasteiger partial charge in [0.15, 0.2) is 0 Å². The van der Waals surface area contributed by atoms with Gasteiger partial charge in [-0.15, -0.1) is 11.6 Å². The van der Waals surface area contributed by atoms with Crippen LogP contribution in [-0.2, 0) is 18.0 Å². The summed E-state index contributed by atoms with van der Waals surface area (Å²) in [7, 11) is -1.18. The van der Waals surface area contributed by atoms with Gasteiger partial charge in [0.05, 0.1) is 0 Å². The molecular weight excluding hydrogens is 310 g/mol. The molecule has 0 aliphatic rings. The van der Waals surface area contributed by atoms with E-state index < -0.39 is 19.3 Å². The first-order valence-corrected chi connectivity index (χ1v) is 11.3. The van der Waals surface area contributed by atoms with Gasteiger partial charge in [-0.1, -0.05) is 19.6 Å². The molecule has 0 bridgehead atoms. The van der Waals surface area contributed by atoms with Crippen LogP contribution in [-0.4, -0.2) is 34.9 Å². The molecule has 120 valence electrons. The summed E-state index contributed by atoms with van der Waals surface area (Å²) in [6, 6.07) is 0.992. The van der Waals surface area contributed by atoms with Crippen LogP contribution in [0.5, 0.6) is 0 Å². The van der Waals surface area contributed by atoms with Crippen molar-refractivity contribution in [3.8, 4) is 0 Å². The summed E-state index contributed by atoms with van der Waals surface area (Å²) in [5.74, 6) is 0.443. The zero-order valence-electron chi connectivity index (χ0n) is 13.2. The molecule has 0 saturated carbocycles. The van der Waals surface area contributed by atoms with Crippen LogP contribution in [0.3, 0.4) is 0 Å². The molecule has 8 heteroatoms. The molecule has 0 fully saturated rings. The average molecular weight is 334 g/mol. The summed E-state index contributed by atoms with van der Waals surface area (Å²) in [6.07, 6.45) is 0.628. The Morgan fingerprint density at radius 1 is 1.29 bits per heavy atom. The Bertz CT molecular complexity index is 577. The summed E-state index contributed by atoms with van der Waals surface area (Å²) < 4.78 is 7.88. The summed E-state index contributed by atoms with van der Waals surface area (Å²) in [6.45, 7) is 9.28. The monoisotopic (exact) mass is 333 g/mol. The molecule has 0 N–H and O–H groups in total. The molecule has 1 aromatic rings. The molecule has 1 heterocycles. The van der Waals surface area contributed by atoms with Gasteiger partial charge in [0.1, 0.15) is 12.4 Å². The van der Waals surface area contributed by atoms with Crippen molar-refractivity contribution in [1.29, 1.82) is 0 Å². The van der Waals surface area contributed by atoms with Crippen molar-refractivity contribution in [2.75, 3.05) is 12.5 Å². The third-order valence-corrected chi connectivity index (χ3v) is 4.97. The molecule has 1 rings (SSSR count). The minimum Gasteiger partial charge on any atom is -0.361 e. The van der Waals surface area contributed by atoms with Gasteiger partial charge in [-0.05, 0) is 19.4 Å². The van der Waals surface area contributed by atoms with E-state index in [0.717, 1.165) is 10.6 Å². The molecule has 0 aromatic carbocycles. The van der Waals surface area contributed by atoms with E-state index in [-0.39, 0.29) is 12.4 Å². The molecule has 0 spiro atoms. The van der Waals surface area contributed by atoms with E-state index >= 15 is 0 Å². The molecule has 0 radical (unpaired) electrons. The van der Waals surface area contributed by atoms with Crippen molar-refractivity contribution in [3.63, 3.8) is 0 Å². The third kappa shape index (κ3) is 5.76. The number of aryl methyl sites for hydroxylation is 2. The first-order valence-electron chi connectivity index (χ1n) is 7.08. The second kappa shape index (κ2) is 7.91. The van der Waals surface area contributed by atoms with E-state index in [2.05, 4.69) is 24.7 Å². The Morgan fingerprint density at radius 3 is 2.52 bits per heavy atom. The fourth-order valence-electron chi connectivity index (χ4n) is 1.69. The van der Waals surface area contributed by atoms with Crippen LogP contribution in [0.2, 0.25) is 25.7 Å². The number of alkyl halides is 1. The Balaban J connectivity index is 2.83. The maximum Gasteiger partial charge on any atom is 0.349 e. The third-order valence-electron chi connectivity index (χ3n) is 3.00. The van der Waals surface area contributed by atoms with Crippen LogP contribution in [0, 0.1) is 6.92 Å². The summed E-state index contributed by atoms with van der Waals surface area (Å²) >= 11 is 5.63. The highest BCUT2D eigenvalue weighted by molar-refractivity contribution is 6.76. The summed E-state index contributed by atoms with van der Waals surface area (Å²) in [5, 5.41) is 4.00. The molecule has 0 aliphatic heterocycles. The van der Waals surface area contributed by atoms with Gasteiger partial charge in [0, 0.05) is 27.1 Å². The van der Waals surface area contributed by atoms with Crippen molar-refractivity contribution >= 4 is 19.7 Å². The predicted molar refractivity (Wildman–Crippen MR) is 86.9 cm³/mol. The number of aromatic nitrogens is 3. The van der Waals surface area contributed by atoms with Gasteiger partial charge < -0.3 is 4.74 Å². The smallest absolute Gasteiger partial charge is 0.349 e. The SMILES string of the molecule is Cc1nn(CCCCl)c(=O)n(COCC[Si](C)(C)C)c1=O. The second-order valence-corrected chi connectivity index (χ2v) is 12.2. The van der Waals surface area contributed by atoms with Crippen LogP contribution in [0.25, 0.3) is 0 Å². The van der Waals surface area contributed by atoms with Crippen LogP contribution in [0.15, 0.2) is 9.59 Å². The molecule has 0 amide bonds. The lowest BCUT2D eigenvalue weighted by Crippen LogP contribution is -2.43. The Hall–Kier alpha value is -0.923. The van der Waals surface area contributed by atoms with Crippen LogP contribution >= 0.6 is 11.6 Å². The van der Waals surface area contributed by atoms with Crippen molar-refractivity contribution in [2.24, 2.45) is 0 Å². The molecular formula is C13H24ClN3O3Si. The number of ether oxygens (including phenoxy) is 1. The Morgan fingerprint density at radius 2 is 1.95 bits per heavy atom. The van der Waals surface area contributed by atoms with Crippen LogP contribution in [0.1, 0.15) is 12.1 Å². The van der Waals surface area contributed by atoms with Gasteiger partial charge in [0.2, 0.25) is 0 Å². The highest BCUT2D eigenvalue weighted by Crippen LogP contribution is 2.07. The largest absolute Gasteiger partial charge is 0.361 e. The van der Waals surface area contributed by atoms with Gasteiger partial charge in [0.25, 0.3) is 5.56 Å². The maximum absolute atomic E-state index is 12.2. The van der Waals surface area contributed by atoms with Crippen molar-refractivity contribution in [1.82, 2.24) is 14.3 Å². The fourth-order valence-corrected chi connectivity index (χ4v) is 2.57. The Labute approximate surface area is 130 Å². The first kappa shape index (κ1) is 18.1. The van der Waals surface area contributed by atoms with Crippen molar-refractivity contribution in [2.45, 2.75) is 52.3 Å². The molecule has 1 aromatic heterocycles. The molecule has 6 nitrogen and oxygen atoms in total. The number of nitrogens with zero attached hydrogens (tertiary/aromatic N) is 3.